The predicted molar refractivity (Wildman–Crippen MR) is 47.4 cm³/mol. The summed E-state index contributed by atoms with van der Waals surface area (Å²) in [5.74, 6) is 0. The molecule has 0 bridgehead atoms. The molecule has 1 aromatic heterocycles. The van der Waals surface area contributed by atoms with Crippen molar-refractivity contribution in [2.24, 2.45) is 0 Å². The van der Waals surface area contributed by atoms with Crippen molar-refractivity contribution in [2.45, 2.75) is 20.3 Å². The van der Waals surface area contributed by atoms with Gasteiger partial charge in [-0.1, -0.05) is 0 Å². The van der Waals surface area contributed by atoms with Crippen LogP contribution in [-0.4, -0.2) is 17.1 Å². The largest absolute Gasteiger partial charge is 0.467 e. The number of aryl methyl sites for hydroxylation is 1. The van der Waals surface area contributed by atoms with Crippen LogP contribution in [0.15, 0.2) is 0 Å². The van der Waals surface area contributed by atoms with E-state index in [2.05, 4.69) is 16.0 Å². The van der Waals surface area contributed by atoms with E-state index in [0.29, 0.717) is 12.4 Å². The molecule has 4 heteroatoms. The smallest absolute Gasteiger partial charge is 0.316 e. The molecule has 0 aromatic carbocycles. The summed E-state index contributed by atoms with van der Waals surface area (Å²) in [4.78, 5) is 8.18. The lowest BCUT2D eigenvalue weighted by Crippen LogP contribution is -2.02. The summed E-state index contributed by atoms with van der Waals surface area (Å²) in [6.07, 6.45) is 0.297. The van der Waals surface area contributed by atoms with E-state index in [1.165, 1.54) is 7.11 Å². The molecule has 0 aliphatic heterocycles. The Balaban J connectivity index is 3.18. The van der Waals surface area contributed by atoms with E-state index < -0.39 is 0 Å². The van der Waals surface area contributed by atoms with Crippen molar-refractivity contribution in [3.8, 4) is 12.1 Å². The van der Waals surface area contributed by atoms with E-state index in [4.69, 9.17) is 10.00 Å². The molecule has 1 heterocycles. The minimum atomic E-state index is 0.297. The molecule has 0 amide bonds. The molecular weight excluding hydrogens is 166 g/mol. The first-order chi connectivity index (χ1) is 6.19. The average Bonchev–Trinajstić information content (AvgIpc) is 2.13. The van der Waals surface area contributed by atoms with E-state index in [1.54, 1.807) is 0 Å². The van der Waals surface area contributed by atoms with Gasteiger partial charge in [0.1, 0.15) is 0 Å². The highest BCUT2D eigenvalue weighted by Gasteiger charge is 2.07. The first-order valence-corrected chi connectivity index (χ1v) is 3.94. The van der Waals surface area contributed by atoms with Gasteiger partial charge in [-0.2, -0.15) is 10.2 Å². The normalized spacial score (nSPS) is 9.38. The number of rotatable bonds is 2. The summed E-state index contributed by atoms with van der Waals surface area (Å²) in [5.41, 5.74) is 2.56. The zero-order valence-corrected chi connectivity index (χ0v) is 7.96. The van der Waals surface area contributed by atoms with Crippen LogP contribution in [0.4, 0.5) is 0 Å². The summed E-state index contributed by atoms with van der Waals surface area (Å²) < 4.78 is 4.91. The highest BCUT2D eigenvalue weighted by molar-refractivity contribution is 5.26. The van der Waals surface area contributed by atoms with Gasteiger partial charge in [-0.15, -0.1) is 0 Å². The van der Waals surface area contributed by atoms with Crippen LogP contribution in [0, 0.1) is 25.2 Å². The van der Waals surface area contributed by atoms with Crippen LogP contribution in [0.5, 0.6) is 6.01 Å². The molecule has 0 fully saturated rings. The second-order valence-corrected chi connectivity index (χ2v) is 2.70. The molecule has 0 atom stereocenters. The molecule has 1 rings (SSSR count). The Kier molecular flexibility index (Phi) is 2.80. The molecule has 0 saturated carbocycles. The van der Waals surface area contributed by atoms with Crippen molar-refractivity contribution in [3.63, 3.8) is 0 Å². The third-order valence-corrected chi connectivity index (χ3v) is 1.90. The van der Waals surface area contributed by atoms with Gasteiger partial charge in [0, 0.05) is 5.69 Å². The molecule has 0 aliphatic carbocycles. The minimum Gasteiger partial charge on any atom is -0.467 e. The van der Waals surface area contributed by atoms with Crippen LogP contribution in [0.2, 0.25) is 0 Å². The van der Waals surface area contributed by atoms with Gasteiger partial charge < -0.3 is 4.74 Å². The topological polar surface area (TPSA) is 58.8 Å². The third-order valence-electron chi connectivity index (χ3n) is 1.90. The SMILES string of the molecule is COc1nc(C)c(C)c(CC#N)n1. The zero-order chi connectivity index (χ0) is 9.84. The van der Waals surface area contributed by atoms with Crippen molar-refractivity contribution < 1.29 is 4.74 Å². The monoisotopic (exact) mass is 177 g/mol. The molecule has 4 nitrogen and oxygen atoms in total. The number of methoxy groups -OCH3 is 1. The number of hydrogen-bond donors (Lipinski definition) is 0. The van der Waals surface area contributed by atoms with Crippen LogP contribution < -0.4 is 4.74 Å². The van der Waals surface area contributed by atoms with Crippen molar-refractivity contribution in [3.05, 3.63) is 17.0 Å². The van der Waals surface area contributed by atoms with E-state index in [1.807, 2.05) is 13.8 Å². The third kappa shape index (κ3) is 1.94. The molecule has 0 N–H and O–H groups in total. The van der Waals surface area contributed by atoms with Crippen molar-refractivity contribution in [2.75, 3.05) is 7.11 Å². The van der Waals surface area contributed by atoms with Gasteiger partial charge in [0.25, 0.3) is 0 Å². The second kappa shape index (κ2) is 3.85. The Morgan fingerprint density at radius 2 is 2.08 bits per heavy atom. The molecular formula is C9H11N3O. The van der Waals surface area contributed by atoms with E-state index in [0.717, 1.165) is 17.0 Å². The highest BCUT2D eigenvalue weighted by Crippen LogP contribution is 2.13. The van der Waals surface area contributed by atoms with Crippen LogP contribution in [0.1, 0.15) is 17.0 Å². The van der Waals surface area contributed by atoms with Gasteiger partial charge in [-0.3, -0.25) is 0 Å². The second-order valence-electron chi connectivity index (χ2n) is 2.70. The summed E-state index contributed by atoms with van der Waals surface area (Å²) in [7, 11) is 1.51. The number of hydrogen-bond acceptors (Lipinski definition) is 4. The molecule has 0 aliphatic rings. The Morgan fingerprint density at radius 3 is 2.62 bits per heavy atom. The van der Waals surface area contributed by atoms with Gasteiger partial charge in [-0.25, -0.2) is 4.98 Å². The maximum atomic E-state index is 8.55. The van der Waals surface area contributed by atoms with Crippen molar-refractivity contribution >= 4 is 0 Å². The lowest BCUT2D eigenvalue weighted by Gasteiger charge is -2.05. The highest BCUT2D eigenvalue weighted by atomic mass is 16.5. The van der Waals surface area contributed by atoms with Crippen LogP contribution >= 0.6 is 0 Å². The fourth-order valence-electron chi connectivity index (χ4n) is 0.999. The van der Waals surface area contributed by atoms with Gasteiger partial charge >= 0.3 is 6.01 Å². The van der Waals surface area contributed by atoms with Crippen molar-refractivity contribution in [1.29, 1.82) is 5.26 Å². The molecule has 68 valence electrons. The Morgan fingerprint density at radius 1 is 1.38 bits per heavy atom. The van der Waals surface area contributed by atoms with E-state index in [-0.39, 0.29) is 0 Å². The molecule has 0 radical (unpaired) electrons. The zero-order valence-electron chi connectivity index (χ0n) is 7.96. The van der Waals surface area contributed by atoms with E-state index >= 15 is 0 Å². The maximum Gasteiger partial charge on any atom is 0.316 e. The fourth-order valence-corrected chi connectivity index (χ4v) is 0.999. The molecule has 0 saturated heterocycles. The number of nitrogens with zero attached hydrogens (tertiary/aromatic N) is 3. The molecule has 13 heavy (non-hydrogen) atoms. The lowest BCUT2D eigenvalue weighted by molar-refractivity contribution is 0.377. The van der Waals surface area contributed by atoms with Gasteiger partial charge in [0.2, 0.25) is 0 Å². The standard InChI is InChI=1S/C9H11N3O/c1-6-7(2)11-9(13-3)12-8(6)4-5-10/h4H2,1-3H3. The van der Waals surface area contributed by atoms with Gasteiger partial charge in [0.15, 0.2) is 0 Å². The Labute approximate surface area is 77.2 Å². The number of aromatic nitrogens is 2. The predicted octanol–water partition coefficient (Wildman–Crippen LogP) is 1.17. The molecule has 0 unspecified atom stereocenters. The summed E-state index contributed by atoms with van der Waals surface area (Å²) >= 11 is 0. The lowest BCUT2D eigenvalue weighted by atomic mass is 10.1. The van der Waals surface area contributed by atoms with E-state index in [9.17, 15) is 0 Å². The molecule has 0 spiro atoms. The average molecular weight is 177 g/mol. The fraction of sp³-hybridized carbons (Fsp3) is 0.444. The summed E-state index contributed by atoms with van der Waals surface area (Å²) in [5, 5.41) is 8.55. The Hall–Kier alpha value is -1.63. The van der Waals surface area contributed by atoms with Gasteiger partial charge in [-0.05, 0) is 19.4 Å². The maximum absolute atomic E-state index is 8.55. The van der Waals surface area contributed by atoms with Crippen LogP contribution in [-0.2, 0) is 6.42 Å². The number of nitriles is 1. The van der Waals surface area contributed by atoms with Crippen LogP contribution in [0.25, 0.3) is 0 Å². The summed E-state index contributed by atoms with van der Waals surface area (Å²) in [6.45, 7) is 3.78. The van der Waals surface area contributed by atoms with Crippen LogP contribution in [0.3, 0.4) is 0 Å². The first-order valence-electron chi connectivity index (χ1n) is 3.94. The van der Waals surface area contributed by atoms with Crippen molar-refractivity contribution in [1.82, 2.24) is 9.97 Å². The quantitative estimate of drug-likeness (QED) is 0.680. The minimum absolute atomic E-state index is 0.297. The summed E-state index contributed by atoms with van der Waals surface area (Å²) in [6, 6.07) is 2.38. The molecule has 1 aromatic rings. The number of ether oxygens (including phenoxy) is 1. The first kappa shape index (κ1) is 9.46. The van der Waals surface area contributed by atoms with Gasteiger partial charge in [0.05, 0.1) is 25.3 Å². The Bertz CT molecular complexity index is 355.